The Kier molecular flexibility index (Phi) is 4.93. The summed E-state index contributed by atoms with van der Waals surface area (Å²) < 4.78 is 11.1. The van der Waals surface area contributed by atoms with Crippen LogP contribution >= 0.6 is 11.6 Å². The van der Waals surface area contributed by atoms with E-state index >= 15 is 0 Å². The molecule has 22 heavy (non-hydrogen) atoms. The van der Waals surface area contributed by atoms with E-state index in [9.17, 15) is 0 Å². The van der Waals surface area contributed by atoms with E-state index in [1.165, 1.54) is 25.7 Å². The average Bonchev–Trinajstić information content (AvgIpc) is 2.82. The number of benzene rings is 1. The molecule has 1 saturated heterocycles. The van der Waals surface area contributed by atoms with E-state index in [1.807, 2.05) is 12.1 Å². The van der Waals surface area contributed by atoms with Crippen molar-refractivity contribution in [1.29, 1.82) is 0 Å². The second-order valence-electron chi connectivity index (χ2n) is 5.68. The molecule has 1 aromatic rings. The number of nitrogens with two attached hydrogens (primary N) is 1. The number of fused-ring (bicyclic) bond motifs is 1. The van der Waals surface area contributed by atoms with Gasteiger partial charge in [-0.05, 0) is 30.5 Å². The Hall–Kier alpha value is -1.62. The molecule has 0 unspecified atom stereocenters. The normalized spacial score (nSPS) is 19.0. The minimum atomic E-state index is 0.499. The number of hydrogen-bond acceptors (Lipinski definition) is 3. The lowest BCUT2D eigenvalue weighted by Gasteiger charge is -2.22. The highest BCUT2D eigenvalue weighted by Crippen LogP contribution is 2.38. The third kappa shape index (κ3) is 3.58. The molecule has 1 aromatic carbocycles. The number of guanidine groups is 1. The molecule has 3 rings (SSSR count). The van der Waals surface area contributed by atoms with Crippen molar-refractivity contribution in [3.8, 4) is 11.5 Å². The Labute approximate surface area is 136 Å². The van der Waals surface area contributed by atoms with E-state index in [-0.39, 0.29) is 0 Å². The van der Waals surface area contributed by atoms with Crippen molar-refractivity contribution in [3.05, 3.63) is 22.7 Å². The van der Waals surface area contributed by atoms with Gasteiger partial charge < -0.3 is 20.1 Å². The summed E-state index contributed by atoms with van der Waals surface area (Å²) in [5.74, 6) is 1.94. The van der Waals surface area contributed by atoms with E-state index in [0.717, 1.165) is 18.7 Å². The van der Waals surface area contributed by atoms with Crippen LogP contribution in [0.3, 0.4) is 0 Å². The maximum Gasteiger partial charge on any atom is 0.191 e. The first-order valence-electron chi connectivity index (χ1n) is 7.87. The van der Waals surface area contributed by atoms with Gasteiger partial charge in [0.1, 0.15) is 13.2 Å². The van der Waals surface area contributed by atoms with Gasteiger partial charge in [0.15, 0.2) is 17.5 Å². The predicted molar refractivity (Wildman–Crippen MR) is 87.8 cm³/mol. The number of hydrogen-bond donors (Lipinski definition) is 1. The quantitative estimate of drug-likeness (QED) is 0.671. The molecule has 2 heterocycles. The first-order valence-corrected chi connectivity index (χ1v) is 8.25. The Morgan fingerprint density at radius 3 is 2.64 bits per heavy atom. The van der Waals surface area contributed by atoms with Crippen LogP contribution in [-0.2, 0) is 6.54 Å². The first kappa shape index (κ1) is 15.3. The van der Waals surface area contributed by atoms with Crippen LogP contribution in [-0.4, -0.2) is 37.2 Å². The molecule has 0 spiro atoms. The fraction of sp³-hybridized carbons (Fsp3) is 0.562. The lowest BCUT2D eigenvalue weighted by Crippen LogP contribution is -2.38. The van der Waals surface area contributed by atoms with E-state index in [0.29, 0.717) is 42.2 Å². The standard InChI is InChI=1S/C16H22ClN3O2/c17-13-9-12(10-14-15(13)22-8-7-21-14)11-19-16(18)20-5-3-1-2-4-6-20/h9-10H,1-8,11H2,(H2,18,19). The van der Waals surface area contributed by atoms with E-state index in [1.54, 1.807) is 0 Å². The first-order chi connectivity index (χ1) is 10.7. The van der Waals surface area contributed by atoms with Crippen LogP contribution in [0.25, 0.3) is 0 Å². The number of likely N-dealkylation sites (tertiary alicyclic amines) is 1. The number of halogens is 1. The van der Waals surface area contributed by atoms with Crippen molar-refractivity contribution in [2.24, 2.45) is 10.7 Å². The van der Waals surface area contributed by atoms with Gasteiger partial charge in [0.2, 0.25) is 0 Å². The van der Waals surface area contributed by atoms with Crippen LogP contribution in [0.5, 0.6) is 11.5 Å². The highest BCUT2D eigenvalue weighted by molar-refractivity contribution is 6.32. The van der Waals surface area contributed by atoms with Crippen molar-refractivity contribution < 1.29 is 9.47 Å². The fourth-order valence-electron chi connectivity index (χ4n) is 2.83. The highest BCUT2D eigenvalue weighted by Gasteiger charge is 2.17. The summed E-state index contributed by atoms with van der Waals surface area (Å²) in [6.45, 7) is 3.57. The molecule has 0 aromatic heterocycles. The second-order valence-corrected chi connectivity index (χ2v) is 6.08. The molecule has 6 heteroatoms. The average molecular weight is 324 g/mol. The second kappa shape index (κ2) is 7.09. The van der Waals surface area contributed by atoms with Gasteiger partial charge >= 0.3 is 0 Å². The maximum absolute atomic E-state index is 6.24. The van der Waals surface area contributed by atoms with Crippen molar-refractivity contribution in [2.75, 3.05) is 26.3 Å². The Morgan fingerprint density at radius 2 is 1.86 bits per heavy atom. The van der Waals surface area contributed by atoms with E-state index in [2.05, 4.69) is 9.89 Å². The Bertz CT molecular complexity index is 555. The lowest BCUT2D eigenvalue weighted by atomic mass is 10.2. The number of aliphatic imine (C=N–C) groups is 1. The van der Waals surface area contributed by atoms with Crippen molar-refractivity contribution in [2.45, 2.75) is 32.2 Å². The minimum Gasteiger partial charge on any atom is -0.486 e. The zero-order chi connectivity index (χ0) is 15.4. The molecule has 2 aliphatic heterocycles. The summed E-state index contributed by atoms with van der Waals surface area (Å²) in [7, 11) is 0. The summed E-state index contributed by atoms with van der Waals surface area (Å²) in [5, 5.41) is 0.566. The predicted octanol–water partition coefficient (Wildman–Crippen LogP) is 2.80. The van der Waals surface area contributed by atoms with E-state index in [4.69, 9.17) is 26.8 Å². The smallest absolute Gasteiger partial charge is 0.191 e. The number of nitrogens with zero attached hydrogens (tertiary/aromatic N) is 2. The highest BCUT2D eigenvalue weighted by atomic mass is 35.5. The molecule has 0 atom stereocenters. The molecule has 2 aliphatic rings. The molecule has 5 nitrogen and oxygen atoms in total. The minimum absolute atomic E-state index is 0.499. The van der Waals surface area contributed by atoms with Crippen LogP contribution in [0.1, 0.15) is 31.2 Å². The van der Waals surface area contributed by atoms with E-state index < -0.39 is 0 Å². The molecule has 0 radical (unpaired) electrons. The van der Waals surface area contributed by atoms with Gasteiger partial charge in [-0.15, -0.1) is 0 Å². The summed E-state index contributed by atoms with van der Waals surface area (Å²) in [6.07, 6.45) is 4.93. The molecule has 1 fully saturated rings. The fourth-order valence-corrected chi connectivity index (χ4v) is 3.12. The summed E-state index contributed by atoms with van der Waals surface area (Å²) >= 11 is 6.24. The van der Waals surface area contributed by atoms with Gasteiger partial charge in [0.05, 0.1) is 11.6 Å². The van der Waals surface area contributed by atoms with Gasteiger partial charge in [-0.1, -0.05) is 24.4 Å². The van der Waals surface area contributed by atoms with Crippen LogP contribution in [0, 0.1) is 0 Å². The summed E-state index contributed by atoms with van der Waals surface area (Å²) in [4.78, 5) is 6.69. The van der Waals surface area contributed by atoms with Crippen LogP contribution in [0.2, 0.25) is 5.02 Å². The molecule has 0 bridgehead atoms. The molecule has 120 valence electrons. The molecule has 0 saturated carbocycles. The molecule has 2 N–H and O–H groups in total. The maximum atomic E-state index is 6.24. The number of rotatable bonds is 2. The van der Waals surface area contributed by atoms with Gasteiger partial charge in [-0.3, -0.25) is 0 Å². The van der Waals surface area contributed by atoms with Gasteiger partial charge in [-0.2, -0.15) is 0 Å². The van der Waals surface area contributed by atoms with Crippen molar-refractivity contribution in [3.63, 3.8) is 0 Å². The van der Waals surface area contributed by atoms with Gasteiger partial charge in [-0.25, -0.2) is 4.99 Å². The van der Waals surface area contributed by atoms with Gasteiger partial charge in [0, 0.05) is 13.1 Å². The Balaban J connectivity index is 1.70. The Morgan fingerprint density at radius 1 is 1.14 bits per heavy atom. The lowest BCUT2D eigenvalue weighted by molar-refractivity contribution is 0.171. The molecular weight excluding hydrogens is 302 g/mol. The zero-order valence-corrected chi connectivity index (χ0v) is 13.4. The summed E-state index contributed by atoms with van der Waals surface area (Å²) in [5.41, 5.74) is 7.11. The molecule has 0 aliphatic carbocycles. The van der Waals surface area contributed by atoms with Crippen molar-refractivity contribution in [1.82, 2.24) is 4.90 Å². The number of ether oxygens (including phenoxy) is 2. The third-order valence-corrected chi connectivity index (χ3v) is 4.29. The van der Waals surface area contributed by atoms with Crippen LogP contribution in [0.4, 0.5) is 0 Å². The monoisotopic (exact) mass is 323 g/mol. The van der Waals surface area contributed by atoms with Crippen LogP contribution in [0.15, 0.2) is 17.1 Å². The molecule has 0 amide bonds. The van der Waals surface area contributed by atoms with Crippen LogP contribution < -0.4 is 15.2 Å². The molecular formula is C16H22ClN3O2. The zero-order valence-electron chi connectivity index (χ0n) is 12.7. The van der Waals surface area contributed by atoms with Crippen molar-refractivity contribution >= 4 is 17.6 Å². The largest absolute Gasteiger partial charge is 0.486 e. The SMILES string of the molecule is NC(=NCc1cc(Cl)c2c(c1)OCCO2)N1CCCCCC1. The van der Waals surface area contributed by atoms with Gasteiger partial charge in [0.25, 0.3) is 0 Å². The third-order valence-electron chi connectivity index (χ3n) is 4.01. The topological polar surface area (TPSA) is 60.1 Å². The summed E-state index contributed by atoms with van der Waals surface area (Å²) in [6, 6.07) is 3.80.